The monoisotopic (exact) mass is 328 g/mol. The van der Waals surface area contributed by atoms with E-state index in [1.165, 1.54) is 12.8 Å². The van der Waals surface area contributed by atoms with E-state index < -0.39 is 0 Å². The topological polar surface area (TPSA) is 59.1 Å². The van der Waals surface area contributed by atoms with Gasteiger partial charge in [0.05, 0.1) is 6.10 Å². The first-order valence-corrected chi connectivity index (χ1v) is 7.70. The Morgan fingerprint density at radius 3 is 2.68 bits per heavy atom. The molecule has 1 fully saturated rings. The molecule has 0 aromatic carbocycles. The van der Waals surface area contributed by atoms with E-state index in [0.29, 0.717) is 6.10 Å². The van der Waals surface area contributed by atoms with Crippen molar-refractivity contribution < 1.29 is 4.74 Å². The maximum atomic E-state index is 5.60. The summed E-state index contributed by atoms with van der Waals surface area (Å²) >= 11 is 3.54. The number of aromatic nitrogens is 2. The Bertz CT molecular complexity index is 396. The van der Waals surface area contributed by atoms with Crippen LogP contribution in [-0.4, -0.2) is 35.8 Å². The maximum Gasteiger partial charge on any atom is 0.145 e. The summed E-state index contributed by atoms with van der Waals surface area (Å²) in [5.74, 6) is 1.68. The molecule has 0 aliphatic carbocycles. The lowest BCUT2D eigenvalue weighted by Gasteiger charge is -2.13. The van der Waals surface area contributed by atoms with Gasteiger partial charge < -0.3 is 15.4 Å². The molecule has 1 atom stereocenters. The Hall–Kier alpha value is -0.880. The summed E-state index contributed by atoms with van der Waals surface area (Å²) in [5.41, 5.74) is 0. The van der Waals surface area contributed by atoms with Crippen LogP contribution in [-0.2, 0) is 4.74 Å². The van der Waals surface area contributed by atoms with Gasteiger partial charge in [0.15, 0.2) is 0 Å². The largest absolute Gasteiger partial charge is 0.378 e. The fraction of sp³-hybridized carbons (Fsp3) is 0.692. The molecule has 106 valence electrons. The minimum atomic E-state index is 0.408. The minimum Gasteiger partial charge on any atom is -0.378 e. The molecule has 1 aromatic rings. The number of rotatable bonds is 7. The first-order chi connectivity index (χ1) is 9.31. The average molecular weight is 329 g/mol. The molecular formula is C13H21BrN4O. The van der Waals surface area contributed by atoms with Gasteiger partial charge in [-0.15, -0.1) is 0 Å². The number of nitrogens with zero attached hydrogens (tertiary/aromatic N) is 2. The van der Waals surface area contributed by atoms with Crippen molar-refractivity contribution >= 4 is 27.6 Å². The van der Waals surface area contributed by atoms with Crippen molar-refractivity contribution in [2.45, 2.75) is 38.7 Å². The molecule has 1 saturated heterocycles. The molecule has 0 spiro atoms. The van der Waals surface area contributed by atoms with Crippen LogP contribution < -0.4 is 10.6 Å². The van der Waals surface area contributed by atoms with E-state index in [1.54, 1.807) is 6.33 Å². The van der Waals surface area contributed by atoms with Crippen molar-refractivity contribution in [3.63, 3.8) is 0 Å². The van der Waals surface area contributed by atoms with Gasteiger partial charge in [-0.25, -0.2) is 9.97 Å². The van der Waals surface area contributed by atoms with Gasteiger partial charge in [-0.3, -0.25) is 0 Å². The summed E-state index contributed by atoms with van der Waals surface area (Å²) in [4.78, 5) is 8.49. The molecule has 1 unspecified atom stereocenters. The standard InChI is InChI=1S/C13H21BrN4O/c1-2-6-15-12-11(14)13(18-9-17-12)16-7-5-10-4-3-8-19-10/h9-10H,2-8H2,1H3,(H2,15,16,17,18). The quantitative estimate of drug-likeness (QED) is 0.805. The Morgan fingerprint density at radius 1 is 1.32 bits per heavy atom. The van der Waals surface area contributed by atoms with E-state index >= 15 is 0 Å². The number of hydrogen-bond acceptors (Lipinski definition) is 5. The van der Waals surface area contributed by atoms with Gasteiger partial charge in [0.1, 0.15) is 22.4 Å². The molecule has 0 radical (unpaired) electrons. The van der Waals surface area contributed by atoms with Gasteiger partial charge in [-0.05, 0) is 41.6 Å². The molecule has 19 heavy (non-hydrogen) atoms. The predicted octanol–water partition coefficient (Wildman–Crippen LogP) is 3.04. The molecule has 0 saturated carbocycles. The van der Waals surface area contributed by atoms with Gasteiger partial charge in [0.2, 0.25) is 0 Å². The van der Waals surface area contributed by atoms with Crippen molar-refractivity contribution in [3.8, 4) is 0 Å². The van der Waals surface area contributed by atoms with E-state index in [1.807, 2.05) is 0 Å². The second kappa shape index (κ2) is 7.65. The number of ether oxygens (including phenoxy) is 1. The summed E-state index contributed by atoms with van der Waals surface area (Å²) in [6.07, 6.45) is 6.44. The van der Waals surface area contributed by atoms with Crippen LogP contribution in [0.3, 0.4) is 0 Å². The van der Waals surface area contributed by atoms with Crippen LogP contribution in [0.25, 0.3) is 0 Å². The van der Waals surface area contributed by atoms with Gasteiger partial charge in [-0.2, -0.15) is 0 Å². The van der Waals surface area contributed by atoms with Gasteiger partial charge in [0.25, 0.3) is 0 Å². The Balaban J connectivity index is 1.84. The smallest absolute Gasteiger partial charge is 0.145 e. The fourth-order valence-electron chi connectivity index (χ4n) is 2.08. The van der Waals surface area contributed by atoms with Crippen LogP contribution in [0.5, 0.6) is 0 Å². The first kappa shape index (κ1) is 14.5. The van der Waals surface area contributed by atoms with Crippen molar-refractivity contribution in [1.82, 2.24) is 9.97 Å². The second-order valence-corrected chi connectivity index (χ2v) is 5.46. The second-order valence-electron chi connectivity index (χ2n) is 4.66. The average Bonchev–Trinajstić information content (AvgIpc) is 2.92. The lowest BCUT2D eigenvalue weighted by molar-refractivity contribution is 0.107. The summed E-state index contributed by atoms with van der Waals surface area (Å²) < 4.78 is 6.50. The number of halogens is 1. The maximum absolute atomic E-state index is 5.60. The lowest BCUT2D eigenvalue weighted by Crippen LogP contribution is -2.14. The highest BCUT2D eigenvalue weighted by Gasteiger charge is 2.15. The Morgan fingerprint density at radius 2 is 2.05 bits per heavy atom. The molecular weight excluding hydrogens is 308 g/mol. The lowest BCUT2D eigenvalue weighted by atomic mass is 10.2. The predicted molar refractivity (Wildman–Crippen MR) is 80.6 cm³/mol. The minimum absolute atomic E-state index is 0.408. The van der Waals surface area contributed by atoms with Crippen molar-refractivity contribution in [2.75, 3.05) is 30.3 Å². The van der Waals surface area contributed by atoms with Crippen LogP contribution in [0.15, 0.2) is 10.8 Å². The zero-order valence-corrected chi connectivity index (χ0v) is 12.9. The number of hydrogen-bond donors (Lipinski definition) is 2. The molecule has 0 amide bonds. The van der Waals surface area contributed by atoms with Crippen LogP contribution in [0.1, 0.15) is 32.6 Å². The van der Waals surface area contributed by atoms with Gasteiger partial charge in [-0.1, -0.05) is 6.92 Å². The Kier molecular flexibility index (Phi) is 5.85. The van der Waals surface area contributed by atoms with Crippen LogP contribution in [0.4, 0.5) is 11.6 Å². The molecule has 2 heterocycles. The zero-order chi connectivity index (χ0) is 13.5. The molecule has 0 bridgehead atoms. The van der Waals surface area contributed by atoms with E-state index in [0.717, 1.165) is 48.6 Å². The molecule has 6 heteroatoms. The SMILES string of the molecule is CCCNc1ncnc(NCCC2CCCO2)c1Br. The van der Waals surface area contributed by atoms with E-state index in [4.69, 9.17) is 4.74 Å². The molecule has 5 nitrogen and oxygen atoms in total. The summed E-state index contributed by atoms with van der Waals surface area (Å²) in [5, 5.41) is 6.61. The summed E-state index contributed by atoms with van der Waals surface area (Å²) in [6.45, 7) is 4.81. The molecule has 1 aliphatic rings. The van der Waals surface area contributed by atoms with Crippen LogP contribution in [0.2, 0.25) is 0 Å². The van der Waals surface area contributed by atoms with Gasteiger partial charge in [0, 0.05) is 19.7 Å². The summed E-state index contributed by atoms with van der Waals surface area (Å²) in [6, 6.07) is 0. The third kappa shape index (κ3) is 4.31. The van der Waals surface area contributed by atoms with E-state index in [2.05, 4.69) is 43.5 Å². The summed E-state index contributed by atoms with van der Waals surface area (Å²) in [7, 11) is 0. The highest BCUT2D eigenvalue weighted by molar-refractivity contribution is 9.10. The number of anilines is 2. The van der Waals surface area contributed by atoms with Crippen LogP contribution >= 0.6 is 15.9 Å². The first-order valence-electron chi connectivity index (χ1n) is 6.91. The van der Waals surface area contributed by atoms with E-state index in [-0.39, 0.29) is 0 Å². The van der Waals surface area contributed by atoms with Crippen LogP contribution in [0, 0.1) is 0 Å². The molecule has 1 aromatic heterocycles. The third-order valence-electron chi connectivity index (χ3n) is 3.11. The zero-order valence-electron chi connectivity index (χ0n) is 11.3. The molecule has 2 rings (SSSR count). The van der Waals surface area contributed by atoms with Crippen molar-refractivity contribution in [2.24, 2.45) is 0 Å². The highest BCUT2D eigenvalue weighted by Crippen LogP contribution is 2.26. The van der Waals surface area contributed by atoms with Gasteiger partial charge >= 0.3 is 0 Å². The normalized spacial score (nSPS) is 18.5. The fourth-order valence-corrected chi connectivity index (χ4v) is 2.57. The molecule has 1 aliphatic heterocycles. The van der Waals surface area contributed by atoms with E-state index in [9.17, 15) is 0 Å². The Labute approximate surface area is 122 Å². The molecule has 2 N–H and O–H groups in total. The number of nitrogens with one attached hydrogen (secondary N) is 2. The van der Waals surface area contributed by atoms with Crippen molar-refractivity contribution in [3.05, 3.63) is 10.8 Å². The van der Waals surface area contributed by atoms with Crippen molar-refractivity contribution in [1.29, 1.82) is 0 Å². The highest BCUT2D eigenvalue weighted by atomic mass is 79.9. The third-order valence-corrected chi connectivity index (χ3v) is 3.87.